The first-order valence-electron chi connectivity index (χ1n) is 4.73. The molecule has 0 heteroatoms. The van der Waals surface area contributed by atoms with Crippen molar-refractivity contribution < 1.29 is 0 Å². The fourth-order valence-electron chi connectivity index (χ4n) is 5.97. The first-order valence-corrected chi connectivity index (χ1v) is 4.73. The molecule has 8 aliphatic carbocycles. The van der Waals surface area contributed by atoms with Gasteiger partial charge in [-0.2, -0.15) is 0 Å². The van der Waals surface area contributed by atoms with Gasteiger partial charge in [-0.05, 0) is 45.3 Å². The molecule has 8 fully saturated rings. The first-order chi connectivity index (χ1) is 4.73. The first kappa shape index (κ1) is 3.60. The van der Waals surface area contributed by atoms with Crippen LogP contribution in [0.5, 0.6) is 0 Å². The lowest BCUT2D eigenvalue weighted by Gasteiger charge is -1.86. The van der Waals surface area contributed by atoms with E-state index in [1.807, 2.05) is 0 Å². The molecule has 0 amide bonds. The molecule has 50 valence electrons. The van der Waals surface area contributed by atoms with Crippen LogP contribution in [-0.2, 0) is 0 Å². The molecule has 0 radical (unpaired) electrons. The molecule has 8 rings (SSSR count). The highest BCUT2D eigenvalue weighted by atomic mass is 15.4. The van der Waals surface area contributed by atoms with E-state index in [1.165, 1.54) is 23.7 Å². The molecule has 0 saturated heterocycles. The molecule has 0 nitrogen and oxygen atoms in total. The molecule has 8 saturated carbocycles. The van der Waals surface area contributed by atoms with E-state index in [-0.39, 0.29) is 0 Å². The Balaban J connectivity index is 1.73. The highest BCUT2D eigenvalue weighted by Crippen LogP contribution is 3.38. The minimum absolute atomic E-state index is 0.980. The Hall–Kier alpha value is 0. The molecule has 4 unspecified atom stereocenters. The SMILES string of the molecule is CC12C3C1C32C12C3C1C32C. The van der Waals surface area contributed by atoms with Crippen molar-refractivity contribution in [2.24, 2.45) is 45.3 Å². The third-order valence-electron chi connectivity index (χ3n) is 6.91. The summed E-state index contributed by atoms with van der Waals surface area (Å²) in [6.07, 6.45) is 0. The van der Waals surface area contributed by atoms with E-state index >= 15 is 0 Å². The van der Waals surface area contributed by atoms with E-state index in [2.05, 4.69) is 13.8 Å². The summed E-state index contributed by atoms with van der Waals surface area (Å²) in [7, 11) is 0. The van der Waals surface area contributed by atoms with Crippen LogP contribution in [0.1, 0.15) is 13.8 Å². The van der Waals surface area contributed by atoms with Gasteiger partial charge in [0.25, 0.3) is 0 Å². The fraction of sp³-hybridized carbons (Fsp3) is 1.00. The zero-order chi connectivity index (χ0) is 6.31. The largest absolute Gasteiger partial charge is 0.0585 e. The Bertz CT molecular complexity index is 308. The van der Waals surface area contributed by atoms with Crippen molar-refractivity contribution >= 4 is 0 Å². The topological polar surface area (TPSA) is 0 Å². The third-order valence-corrected chi connectivity index (χ3v) is 6.91. The summed E-state index contributed by atoms with van der Waals surface area (Å²) >= 11 is 0. The lowest BCUT2D eigenvalue weighted by molar-refractivity contribution is 0.589. The van der Waals surface area contributed by atoms with Crippen molar-refractivity contribution in [1.29, 1.82) is 0 Å². The van der Waals surface area contributed by atoms with E-state index in [9.17, 15) is 0 Å². The predicted octanol–water partition coefficient (Wildman–Crippen LogP) is 1.52. The van der Waals surface area contributed by atoms with Gasteiger partial charge in [-0.1, -0.05) is 13.8 Å². The van der Waals surface area contributed by atoms with Gasteiger partial charge in [0.2, 0.25) is 0 Å². The average molecular weight is 130 g/mol. The lowest BCUT2D eigenvalue weighted by Crippen LogP contribution is -1.84. The van der Waals surface area contributed by atoms with Gasteiger partial charge >= 0.3 is 0 Å². The number of hydrogen-bond acceptors (Lipinski definition) is 0. The molecule has 0 N–H and O–H groups in total. The molecule has 8 aliphatic rings. The molecule has 10 heavy (non-hydrogen) atoms. The molecular weight excluding hydrogens is 120 g/mol. The molecule has 0 aromatic carbocycles. The minimum atomic E-state index is 0.980. The van der Waals surface area contributed by atoms with E-state index in [4.69, 9.17) is 0 Å². The zero-order valence-electron chi connectivity index (χ0n) is 6.31. The van der Waals surface area contributed by atoms with Gasteiger partial charge < -0.3 is 0 Å². The number of hydrogen-bond donors (Lipinski definition) is 0. The summed E-state index contributed by atoms with van der Waals surface area (Å²) in [6, 6.07) is 0. The molecule has 0 bridgehead atoms. The maximum atomic E-state index is 2.55. The van der Waals surface area contributed by atoms with Crippen LogP contribution in [0.4, 0.5) is 0 Å². The Morgan fingerprint density at radius 2 is 0.900 bits per heavy atom. The predicted molar refractivity (Wildman–Crippen MR) is 35.0 cm³/mol. The van der Waals surface area contributed by atoms with Crippen LogP contribution in [0.2, 0.25) is 0 Å². The normalized spacial score (nSPS) is 121. The van der Waals surface area contributed by atoms with Crippen molar-refractivity contribution in [3.05, 3.63) is 0 Å². The molecule has 4 atom stereocenters. The van der Waals surface area contributed by atoms with Crippen molar-refractivity contribution in [3.63, 3.8) is 0 Å². The van der Waals surface area contributed by atoms with Gasteiger partial charge in [0.05, 0.1) is 0 Å². The average Bonchev–Trinajstić information content (AvgIpc) is 2.62. The van der Waals surface area contributed by atoms with Crippen molar-refractivity contribution in [1.82, 2.24) is 0 Å². The van der Waals surface area contributed by atoms with Crippen LogP contribution in [0.15, 0.2) is 0 Å². The molecule has 0 spiro atoms. The highest BCUT2D eigenvalue weighted by Gasteiger charge is 3.36. The van der Waals surface area contributed by atoms with Gasteiger partial charge in [-0.3, -0.25) is 0 Å². The fourth-order valence-corrected chi connectivity index (χ4v) is 5.97. The summed E-state index contributed by atoms with van der Waals surface area (Å²) in [5, 5.41) is 0. The Labute approximate surface area is 60.0 Å². The van der Waals surface area contributed by atoms with Crippen LogP contribution >= 0.6 is 0 Å². The Morgan fingerprint density at radius 1 is 0.700 bits per heavy atom. The van der Waals surface area contributed by atoms with Gasteiger partial charge in [-0.25, -0.2) is 0 Å². The van der Waals surface area contributed by atoms with Gasteiger partial charge in [-0.15, -0.1) is 0 Å². The van der Waals surface area contributed by atoms with Gasteiger partial charge in [0.1, 0.15) is 0 Å². The van der Waals surface area contributed by atoms with Crippen molar-refractivity contribution in [2.75, 3.05) is 0 Å². The van der Waals surface area contributed by atoms with Crippen LogP contribution in [0.25, 0.3) is 0 Å². The number of rotatable bonds is 1. The van der Waals surface area contributed by atoms with Crippen LogP contribution in [0, 0.1) is 45.3 Å². The van der Waals surface area contributed by atoms with Crippen molar-refractivity contribution in [2.45, 2.75) is 13.8 Å². The van der Waals surface area contributed by atoms with E-state index in [0.29, 0.717) is 0 Å². The van der Waals surface area contributed by atoms with Gasteiger partial charge in [0.15, 0.2) is 0 Å². The second-order valence-corrected chi connectivity index (χ2v) is 6.21. The maximum Gasteiger partial charge on any atom is -0.00962 e. The standard InChI is InChI=1S/C10H10/c1-7-3-4(7)9(3,7)10-5-6(10)8(5,10)2/h3-6H,1-2H3. The Morgan fingerprint density at radius 3 is 1.00 bits per heavy atom. The Kier molecular flexibility index (Phi) is 0.160. The van der Waals surface area contributed by atoms with Crippen LogP contribution in [-0.4, -0.2) is 0 Å². The smallest absolute Gasteiger partial charge is 0.00962 e. The van der Waals surface area contributed by atoms with Crippen LogP contribution in [0.3, 0.4) is 0 Å². The van der Waals surface area contributed by atoms with Gasteiger partial charge in [0, 0.05) is 0 Å². The zero-order valence-corrected chi connectivity index (χ0v) is 6.31. The van der Waals surface area contributed by atoms with E-state index in [1.54, 1.807) is 0 Å². The minimum Gasteiger partial charge on any atom is -0.0585 e. The van der Waals surface area contributed by atoms with Crippen molar-refractivity contribution in [3.8, 4) is 0 Å². The van der Waals surface area contributed by atoms with E-state index < -0.39 is 0 Å². The molecule has 0 aliphatic heterocycles. The molecule has 0 heterocycles. The summed E-state index contributed by atoms with van der Waals surface area (Å²) < 4.78 is 0. The molecule has 0 aromatic heterocycles. The summed E-state index contributed by atoms with van der Waals surface area (Å²) in [6.45, 7) is 5.10. The summed E-state index contributed by atoms with van der Waals surface area (Å²) in [5.41, 5.74) is 4.08. The highest BCUT2D eigenvalue weighted by molar-refractivity contribution is 5.81. The molecular formula is C10H10. The van der Waals surface area contributed by atoms with Crippen LogP contribution < -0.4 is 0 Å². The maximum absolute atomic E-state index is 2.55. The monoisotopic (exact) mass is 130 g/mol. The van der Waals surface area contributed by atoms with E-state index in [0.717, 1.165) is 21.7 Å². The summed E-state index contributed by atoms with van der Waals surface area (Å²) in [5.74, 6) is 5.15. The summed E-state index contributed by atoms with van der Waals surface area (Å²) in [4.78, 5) is 0. The molecule has 0 aromatic rings. The second-order valence-electron chi connectivity index (χ2n) is 6.21. The quantitative estimate of drug-likeness (QED) is 0.505. The third kappa shape index (κ3) is 0.0873. The second kappa shape index (κ2) is 0.444. The lowest BCUT2D eigenvalue weighted by atomic mass is 10.2.